The Morgan fingerprint density at radius 2 is 2.00 bits per heavy atom. The highest BCUT2D eigenvalue weighted by Gasteiger charge is 2.11. The molecule has 100 valence electrons. The van der Waals surface area contributed by atoms with E-state index in [0.717, 1.165) is 27.8 Å². The van der Waals surface area contributed by atoms with Crippen molar-refractivity contribution in [1.29, 1.82) is 0 Å². The first-order chi connectivity index (χ1) is 9.13. The fourth-order valence-corrected chi connectivity index (χ4v) is 2.23. The number of rotatable bonds is 4. The minimum atomic E-state index is 0.709. The number of anilines is 2. The lowest BCUT2D eigenvalue weighted by Crippen LogP contribution is -2.19. The first kappa shape index (κ1) is 13.6. The Bertz CT molecular complexity index is 571. The number of aromatic nitrogens is 2. The van der Waals surface area contributed by atoms with Crippen LogP contribution in [0.15, 0.2) is 30.6 Å². The van der Waals surface area contributed by atoms with Crippen LogP contribution in [0.3, 0.4) is 0 Å². The van der Waals surface area contributed by atoms with Crippen LogP contribution in [0.5, 0.6) is 0 Å². The number of hydrogen-bond donors (Lipinski definition) is 1. The molecule has 0 spiro atoms. The summed E-state index contributed by atoms with van der Waals surface area (Å²) in [4.78, 5) is 10.6. The van der Waals surface area contributed by atoms with Gasteiger partial charge in [-0.3, -0.25) is 0 Å². The fraction of sp³-hybridized carbons (Fsp3) is 0.286. The normalized spacial score (nSPS) is 10.3. The van der Waals surface area contributed by atoms with Crippen LogP contribution in [0.25, 0.3) is 0 Å². The van der Waals surface area contributed by atoms with Crippen LogP contribution >= 0.6 is 11.6 Å². The highest BCUT2D eigenvalue weighted by Crippen LogP contribution is 2.24. The lowest BCUT2D eigenvalue weighted by Gasteiger charge is -2.21. The molecule has 2 rings (SSSR count). The topological polar surface area (TPSA) is 41.1 Å². The number of nitrogens with one attached hydrogen (secondary N) is 1. The highest BCUT2D eigenvalue weighted by atomic mass is 35.5. The summed E-state index contributed by atoms with van der Waals surface area (Å²) in [6.45, 7) is 2.71. The zero-order chi connectivity index (χ0) is 13.8. The third kappa shape index (κ3) is 2.96. The molecule has 0 atom stereocenters. The van der Waals surface area contributed by atoms with Crippen LogP contribution < -0.4 is 10.2 Å². The molecule has 1 aromatic heterocycles. The largest absolute Gasteiger partial charge is 0.373 e. The summed E-state index contributed by atoms with van der Waals surface area (Å²) in [5.41, 5.74) is 2.11. The Balaban J connectivity index is 2.26. The second-order valence-corrected chi connectivity index (χ2v) is 4.78. The van der Waals surface area contributed by atoms with E-state index >= 15 is 0 Å². The van der Waals surface area contributed by atoms with E-state index in [1.165, 1.54) is 0 Å². The third-order valence-electron chi connectivity index (χ3n) is 3.02. The predicted octanol–water partition coefficient (Wildman–Crippen LogP) is 3.12. The summed E-state index contributed by atoms with van der Waals surface area (Å²) < 4.78 is 0. The molecule has 0 radical (unpaired) electrons. The molecule has 19 heavy (non-hydrogen) atoms. The average molecular weight is 277 g/mol. The van der Waals surface area contributed by atoms with Gasteiger partial charge < -0.3 is 10.2 Å². The van der Waals surface area contributed by atoms with E-state index in [1.54, 1.807) is 6.33 Å². The number of benzene rings is 1. The molecule has 0 saturated carbocycles. The minimum Gasteiger partial charge on any atom is -0.373 e. The van der Waals surface area contributed by atoms with Crippen LogP contribution in [0.4, 0.5) is 11.6 Å². The maximum atomic E-state index is 6.18. The fourth-order valence-electron chi connectivity index (χ4n) is 2.03. The van der Waals surface area contributed by atoms with Gasteiger partial charge in [0.05, 0.1) is 0 Å². The van der Waals surface area contributed by atoms with Gasteiger partial charge in [-0.25, -0.2) is 9.97 Å². The lowest BCUT2D eigenvalue weighted by molar-refractivity contribution is 0.883. The van der Waals surface area contributed by atoms with Crippen LogP contribution in [-0.4, -0.2) is 24.1 Å². The Kier molecular flexibility index (Phi) is 4.22. The van der Waals surface area contributed by atoms with E-state index in [-0.39, 0.29) is 0 Å². The van der Waals surface area contributed by atoms with Gasteiger partial charge in [0, 0.05) is 31.2 Å². The number of nitrogens with zero attached hydrogens (tertiary/aromatic N) is 3. The van der Waals surface area contributed by atoms with Gasteiger partial charge in [0.15, 0.2) is 0 Å². The van der Waals surface area contributed by atoms with Crippen LogP contribution in [-0.2, 0) is 6.54 Å². The number of hydrogen-bond acceptors (Lipinski definition) is 4. The molecule has 0 aliphatic heterocycles. The Hall–Kier alpha value is -1.81. The smallest absolute Gasteiger partial charge is 0.137 e. The van der Waals surface area contributed by atoms with Crippen molar-refractivity contribution in [2.75, 3.05) is 24.3 Å². The second-order valence-electron chi connectivity index (χ2n) is 4.37. The van der Waals surface area contributed by atoms with Crippen molar-refractivity contribution in [3.8, 4) is 0 Å². The molecule has 1 heterocycles. The summed E-state index contributed by atoms with van der Waals surface area (Å²) in [5.74, 6) is 1.75. The van der Waals surface area contributed by atoms with Crippen molar-refractivity contribution >= 4 is 23.2 Å². The van der Waals surface area contributed by atoms with Crippen molar-refractivity contribution in [3.05, 3.63) is 46.7 Å². The van der Waals surface area contributed by atoms with Crippen molar-refractivity contribution in [1.82, 2.24) is 9.97 Å². The molecule has 4 nitrogen and oxygen atoms in total. The van der Waals surface area contributed by atoms with Gasteiger partial charge in [0.2, 0.25) is 0 Å². The molecule has 2 aromatic rings. The van der Waals surface area contributed by atoms with Gasteiger partial charge in [0.1, 0.15) is 18.0 Å². The molecular weight excluding hydrogens is 260 g/mol. The first-order valence-corrected chi connectivity index (χ1v) is 6.45. The quantitative estimate of drug-likeness (QED) is 0.932. The van der Waals surface area contributed by atoms with E-state index in [9.17, 15) is 0 Å². The second kappa shape index (κ2) is 5.89. The number of halogens is 1. The van der Waals surface area contributed by atoms with Crippen molar-refractivity contribution < 1.29 is 0 Å². The Morgan fingerprint density at radius 3 is 2.68 bits per heavy atom. The van der Waals surface area contributed by atoms with Gasteiger partial charge >= 0.3 is 0 Å². The summed E-state index contributed by atoms with van der Waals surface area (Å²) >= 11 is 6.18. The van der Waals surface area contributed by atoms with Crippen LogP contribution in [0.1, 0.15) is 11.1 Å². The molecule has 1 N–H and O–H groups in total. The molecule has 0 unspecified atom stereocenters. The van der Waals surface area contributed by atoms with Crippen LogP contribution in [0.2, 0.25) is 5.02 Å². The van der Waals surface area contributed by atoms with E-state index in [2.05, 4.69) is 20.2 Å². The summed E-state index contributed by atoms with van der Waals surface area (Å²) in [7, 11) is 3.85. The molecule has 0 saturated heterocycles. The summed E-state index contributed by atoms with van der Waals surface area (Å²) in [5, 5.41) is 3.83. The van der Waals surface area contributed by atoms with Gasteiger partial charge in [-0.1, -0.05) is 29.8 Å². The van der Waals surface area contributed by atoms with E-state index in [1.807, 2.05) is 45.3 Å². The minimum absolute atomic E-state index is 0.709. The monoisotopic (exact) mass is 276 g/mol. The van der Waals surface area contributed by atoms with Crippen LogP contribution in [0, 0.1) is 6.92 Å². The predicted molar refractivity (Wildman–Crippen MR) is 79.9 cm³/mol. The average Bonchev–Trinajstić information content (AvgIpc) is 2.41. The Labute approximate surface area is 118 Å². The standard InChI is InChI=1S/C14H17ClN4/c1-10-13(16-2)17-9-18-14(10)19(3)8-11-6-4-5-7-12(11)15/h4-7,9H,8H2,1-3H3,(H,16,17,18). The maximum Gasteiger partial charge on any atom is 0.137 e. The first-order valence-electron chi connectivity index (χ1n) is 6.07. The molecule has 0 aliphatic carbocycles. The van der Waals surface area contributed by atoms with Crippen molar-refractivity contribution in [3.63, 3.8) is 0 Å². The van der Waals surface area contributed by atoms with Crippen molar-refractivity contribution in [2.24, 2.45) is 0 Å². The third-order valence-corrected chi connectivity index (χ3v) is 3.39. The zero-order valence-electron chi connectivity index (χ0n) is 11.3. The molecule has 1 aromatic carbocycles. The summed E-state index contributed by atoms with van der Waals surface area (Å²) in [6, 6.07) is 7.84. The van der Waals surface area contributed by atoms with E-state index < -0.39 is 0 Å². The molecule has 0 fully saturated rings. The summed E-state index contributed by atoms with van der Waals surface area (Å²) in [6.07, 6.45) is 1.57. The van der Waals surface area contributed by atoms with E-state index in [4.69, 9.17) is 11.6 Å². The molecular formula is C14H17ClN4. The maximum absolute atomic E-state index is 6.18. The van der Waals surface area contributed by atoms with Gasteiger partial charge in [-0.15, -0.1) is 0 Å². The Morgan fingerprint density at radius 1 is 1.26 bits per heavy atom. The molecule has 0 bridgehead atoms. The molecule has 0 amide bonds. The van der Waals surface area contributed by atoms with Gasteiger partial charge in [0.25, 0.3) is 0 Å². The highest BCUT2D eigenvalue weighted by molar-refractivity contribution is 6.31. The van der Waals surface area contributed by atoms with Gasteiger partial charge in [-0.2, -0.15) is 0 Å². The van der Waals surface area contributed by atoms with Crippen molar-refractivity contribution in [2.45, 2.75) is 13.5 Å². The van der Waals surface area contributed by atoms with Gasteiger partial charge in [-0.05, 0) is 18.6 Å². The molecule has 5 heteroatoms. The lowest BCUT2D eigenvalue weighted by atomic mass is 10.2. The zero-order valence-corrected chi connectivity index (χ0v) is 12.1. The SMILES string of the molecule is CNc1ncnc(N(C)Cc2ccccc2Cl)c1C. The van der Waals surface area contributed by atoms with E-state index in [0.29, 0.717) is 6.54 Å². The molecule has 0 aliphatic rings.